The standard InChI is InChI=1S/C23H23ClN4O4/c24-17-4-7-19-20(13-17)25-15-28(22(19)30)14-23(31)9-11-27(12-10-23)21(29)8-3-16-1-5-18(26-32)6-2-16/h1-2,4-7,13,15,31H,3,8-12,14H2. The van der Waals surface area contributed by atoms with Gasteiger partial charge in [-0.25, -0.2) is 4.98 Å². The van der Waals surface area contributed by atoms with Crippen molar-refractivity contribution < 1.29 is 9.90 Å². The Morgan fingerprint density at radius 1 is 1.16 bits per heavy atom. The summed E-state index contributed by atoms with van der Waals surface area (Å²) in [4.78, 5) is 41.9. The first-order valence-electron chi connectivity index (χ1n) is 10.4. The molecule has 0 spiro atoms. The largest absolute Gasteiger partial charge is 0.388 e. The summed E-state index contributed by atoms with van der Waals surface area (Å²) in [5.41, 5.74) is 0.529. The Balaban J connectivity index is 1.35. The number of rotatable bonds is 6. The van der Waals surface area contributed by atoms with Gasteiger partial charge in [0, 0.05) is 24.5 Å². The molecule has 0 atom stereocenters. The number of hydrogen-bond acceptors (Lipinski definition) is 6. The highest BCUT2D eigenvalue weighted by atomic mass is 35.5. The van der Waals surface area contributed by atoms with Crippen molar-refractivity contribution in [3.05, 3.63) is 74.6 Å². The molecule has 4 rings (SSSR count). The SMILES string of the molecule is O=Nc1ccc(CCC(=O)N2CCC(O)(Cn3cnc4cc(Cl)ccc4c3=O)CC2)cc1. The van der Waals surface area contributed by atoms with Gasteiger partial charge in [-0.3, -0.25) is 14.2 Å². The third-order valence-corrected chi connectivity index (χ3v) is 6.20. The van der Waals surface area contributed by atoms with Gasteiger partial charge < -0.3 is 10.0 Å². The van der Waals surface area contributed by atoms with Gasteiger partial charge in [-0.2, -0.15) is 0 Å². The Morgan fingerprint density at radius 2 is 1.88 bits per heavy atom. The van der Waals surface area contributed by atoms with Crippen LogP contribution < -0.4 is 5.56 Å². The Hall–Kier alpha value is -3.10. The lowest BCUT2D eigenvalue weighted by Gasteiger charge is -2.38. The van der Waals surface area contributed by atoms with Crippen molar-refractivity contribution in [1.82, 2.24) is 14.5 Å². The van der Waals surface area contributed by atoms with E-state index >= 15 is 0 Å². The predicted octanol–water partition coefficient (Wildman–Crippen LogP) is 3.43. The molecule has 1 aliphatic heterocycles. The normalized spacial score (nSPS) is 15.6. The number of carbonyl (C=O) groups excluding carboxylic acids is 1. The van der Waals surface area contributed by atoms with Crippen LogP contribution in [0.3, 0.4) is 0 Å². The lowest BCUT2D eigenvalue weighted by atomic mass is 9.91. The number of carbonyl (C=O) groups is 1. The second-order valence-corrected chi connectivity index (χ2v) is 8.64. The summed E-state index contributed by atoms with van der Waals surface area (Å²) in [5, 5.41) is 14.9. The van der Waals surface area contributed by atoms with Gasteiger partial charge in [0.2, 0.25) is 5.91 Å². The summed E-state index contributed by atoms with van der Waals surface area (Å²) in [6.45, 7) is 0.972. The maximum Gasteiger partial charge on any atom is 0.261 e. The van der Waals surface area contributed by atoms with Crippen LogP contribution in [0.1, 0.15) is 24.8 Å². The van der Waals surface area contributed by atoms with Crippen molar-refractivity contribution in [1.29, 1.82) is 0 Å². The van der Waals surface area contributed by atoms with Crippen LogP contribution >= 0.6 is 11.6 Å². The minimum Gasteiger partial charge on any atom is -0.388 e. The van der Waals surface area contributed by atoms with Gasteiger partial charge in [0.15, 0.2) is 0 Å². The van der Waals surface area contributed by atoms with E-state index in [-0.39, 0.29) is 18.0 Å². The number of aromatic nitrogens is 2. The lowest BCUT2D eigenvalue weighted by molar-refractivity contribution is -0.135. The van der Waals surface area contributed by atoms with E-state index in [1.165, 1.54) is 10.9 Å². The zero-order valence-electron chi connectivity index (χ0n) is 17.4. The first-order chi connectivity index (χ1) is 15.4. The number of aliphatic hydroxyl groups is 1. The molecule has 1 aliphatic rings. The third-order valence-electron chi connectivity index (χ3n) is 5.97. The first kappa shape index (κ1) is 22.1. The zero-order valence-corrected chi connectivity index (χ0v) is 18.2. The van der Waals surface area contributed by atoms with Gasteiger partial charge in [0.25, 0.3) is 5.56 Å². The fourth-order valence-corrected chi connectivity index (χ4v) is 4.19. The topological polar surface area (TPSA) is 105 Å². The van der Waals surface area contributed by atoms with E-state index < -0.39 is 5.60 Å². The number of aryl methyl sites for hydroxylation is 1. The summed E-state index contributed by atoms with van der Waals surface area (Å²) in [6.07, 6.45) is 3.11. The van der Waals surface area contributed by atoms with E-state index in [0.717, 1.165) is 5.56 Å². The van der Waals surface area contributed by atoms with Crippen molar-refractivity contribution in [3.63, 3.8) is 0 Å². The fraction of sp³-hybridized carbons (Fsp3) is 0.348. The number of benzene rings is 2. The number of likely N-dealkylation sites (tertiary alicyclic amines) is 1. The molecular formula is C23H23ClN4O4. The molecule has 2 heterocycles. The quantitative estimate of drug-likeness (QED) is 0.574. The Morgan fingerprint density at radius 3 is 2.56 bits per heavy atom. The number of nitrogens with zero attached hydrogens (tertiary/aromatic N) is 4. The van der Waals surface area contributed by atoms with Gasteiger partial charge >= 0.3 is 0 Å². The van der Waals surface area contributed by atoms with Crippen molar-refractivity contribution in [2.75, 3.05) is 13.1 Å². The van der Waals surface area contributed by atoms with Gasteiger partial charge in [-0.15, -0.1) is 4.91 Å². The molecule has 0 bridgehead atoms. The van der Waals surface area contributed by atoms with Gasteiger partial charge in [-0.1, -0.05) is 23.7 Å². The minimum absolute atomic E-state index is 0.0195. The third kappa shape index (κ3) is 4.87. The van der Waals surface area contributed by atoms with Crippen LogP contribution in [0.15, 0.2) is 58.8 Å². The van der Waals surface area contributed by atoms with Crippen LogP contribution in [-0.2, 0) is 17.8 Å². The Kier molecular flexibility index (Phi) is 6.34. The molecular weight excluding hydrogens is 432 g/mol. The second kappa shape index (κ2) is 9.18. The van der Waals surface area contributed by atoms with Crippen LogP contribution in [0.25, 0.3) is 10.9 Å². The molecule has 1 amide bonds. The number of amides is 1. The Bertz CT molecular complexity index is 1200. The number of fused-ring (bicyclic) bond motifs is 1. The smallest absolute Gasteiger partial charge is 0.261 e. The minimum atomic E-state index is -1.08. The molecule has 166 valence electrons. The monoisotopic (exact) mass is 454 g/mol. The summed E-state index contributed by atoms with van der Waals surface area (Å²) < 4.78 is 1.42. The maximum atomic E-state index is 12.8. The number of halogens is 1. The van der Waals surface area contributed by atoms with Crippen molar-refractivity contribution in [2.45, 2.75) is 37.8 Å². The lowest BCUT2D eigenvalue weighted by Crippen LogP contribution is -2.49. The average molecular weight is 455 g/mol. The average Bonchev–Trinajstić information content (AvgIpc) is 2.80. The highest BCUT2D eigenvalue weighted by molar-refractivity contribution is 6.31. The zero-order chi connectivity index (χ0) is 22.7. The number of nitroso groups, excluding NO2 is 1. The predicted molar refractivity (Wildman–Crippen MR) is 122 cm³/mol. The fourth-order valence-electron chi connectivity index (χ4n) is 4.02. The maximum absolute atomic E-state index is 12.8. The van der Waals surface area contributed by atoms with E-state index in [0.29, 0.717) is 60.4 Å². The van der Waals surface area contributed by atoms with E-state index in [4.69, 9.17) is 11.6 Å². The van der Waals surface area contributed by atoms with E-state index in [9.17, 15) is 19.6 Å². The van der Waals surface area contributed by atoms with Crippen molar-refractivity contribution in [2.24, 2.45) is 5.18 Å². The van der Waals surface area contributed by atoms with E-state index in [1.54, 1.807) is 47.4 Å². The van der Waals surface area contributed by atoms with Crippen LogP contribution in [-0.4, -0.2) is 44.2 Å². The molecule has 9 heteroatoms. The molecule has 0 radical (unpaired) electrons. The molecule has 2 aromatic carbocycles. The van der Waals surface area contributed by atoms with Crippen LogP contribution in [0.2, 0.25) is 5.02 Å². The number of hydrogen-bond donors (Lipinski definition) is 1. The van der Waals surface area contributed by atoms with E-state index in [1.807, 2.05) is 0 Å². The van der Waals surface area contributed by atoms with E-state index in [2.05, 4.69) is 10.2 Å². The van der Waals surface area contributed by atoms with Crippen LogP contribution in [0, 0.1) is 4.91 Å². The molecule has 8 nitrogen and oxygen atoms in total. The van der Waals surface area contributed by atoms with Gasteiger partial charge in [0.05, 0.1) is 29.4 Å². The molecule has 32 heavy (non-hydrogen) atoms. The Labute approximate surface area is 189 Å². The summed E-state index contributed by atoms with van der Waals surface area (Å²) in [6, 6.07) is 11.8. The van der Waals surface area contributed by atoms with Crippen molar-refractivity contribution >= 4 is 34.1 Å². The molecule has 1 N–H and O–H groups in total. The second-order valence-electron chi connectivity index (χ2n) is 8.20. The van der Waals surface area contributed by atoms with Crippen LogP contribution in [0.4, 0.5) is 5.69 Å². The van der Waals surface area contributed by atoms with Gasteiger partial charge in [-0.05, 0) is 60.3 Å². The summed E-state index contributed by atoms with van der Waals surface area (Å²) in [5.74, 6) is 0.0195. The van der Waals surface area contributed by atoms with Crippen molar-refractivity contribution in [3.8, 4) is 0 Å². The highest BCUT2D eigenvalue weighted by Crippen LogP contribution is 2.25. The van der Waals surface area contributed by atoms with Gasteiger partial charge in [0.1, 0.15) is 5.69 Å². The molecule has 0 aliphatic carbocycles. The summed E-state index contributed by atoms with van der Waals surface area (Å²) in [7, 11) is 0. The molecule has 1 saturated heterocycles. The highest BCUT2D eigenvalue weighted by Gasteiger charge is 2.34. The molecule has 0 saturated carbocycles. The molecule has 1 aromatic heterocycles. The molecule has 3 aromatic rings. The molecule has 1 fully saturated rings. The molecule has 0 unspecified atom stereocenters. The number of piperidine rings is 1. The first-order valence-corrected chi connectivity index (χ1v) is 10.8. The van der Waals surface area contributed by atoms with Crippen LogP contribution in [0.5, 0.6) is 0 Å². The summed E-state index contributed by atoms with van der Waals surface area (Å²) >= 11 is 5.96.